The molecule has 0 bridgehead atoms. The van der Waals surface area contributed by atoms with Crippen LogP contribution in [0.25, 0.3) is 0 Å². The van der Waals surface area contributed by atoms with E-state index < -0.39 is 0 Å². The van der Waals surface area contributed by atoms with Crippen LogP contribution in [0.4, 0.5) is 0 Å². The van der Waals surface area contributed by atoms with Crippen LogP contribution in [0.15, 0.2) is 48.5 Å². The summed E-state index contributed by atoms with van der Waals surface area (Å²) in [5.74, 6) is 4.54. The highest BCUT2D eigenvalue weighted by atomic mass is 35.5. The van der Waals surface area contributed by atoms with Gasteiger partial charge >= 0.3 is 5.97 Å². The minimum atomic E-state index is -0.239. The first-order valence-electron chi connectivity index (χ1n) is 13.3. The largest absolute Gasteiger partial charge is 0.468 e. The molecule has 0 saturated carbocycles. The molecule has 0 spiro atoms. The Morgan fingerprint density at radius 2 is 1.26 bits per heavy atom. The number of rotatable bonds is 10. The number of nitrogens with one attached hydrogen (secondary N) is 2. The molecule has 1 amide bonds. The van der Waals surface area contributed by atoms with Crippen LogP contribution < -0.4 is 16.4 Å². The maximum Gasteiger partial charge on any atom is 0.315 e. The van der Waals surface area contributed by atoms with Gasteiger partial charge in [-0.3, -0.25) is 9.59 Å². The number of benzene rings is 2. The quantitative estimate of drug-likeness (QED) is 0.318. The van der Waals surface area contributed by atoms with Gasteiger partial charge in [-0.15, -0.1) is 11.8 Å². The zero-order valence-corrected chi connectivity index (χ0v) is 25.5. The normalized spacial score (nSPS) is 22.8. The molecule has 0 unspecified atom stereocenters. The average Bonchev–Trinajstić information content (AvgIpc) is 2.95. The summed E-state index contributed by atoms with van der Waals surface area (Å²) in [6, 6.07) is 16.3. The second-order valence-corrected chi connectivity index (χ2v) is 12.8. The predicted octanol–water partition coefficient (Wildman–Crippen LogP) is 5.19. The molecule has 2 fully saturated rings. The lowest BCUT2D eigenvalue weighted by Gasteiger charge is -2.32. The number of hydrogen-bond acceptors (Lipinski definition) is 7. The Bertz CT molecular complexity index is 1030. The number of hydrogen-bond donors (Lipinski definition) is 3. The average molecular weight is 613 g/mol. The summed E-state index contributed by atoms with van der Waals surface area (Å²) in [7, 11) is 1.43. The summed E-state index contributed by atoms with van der Waals surface area (Å²) in [6.07, 6.45) is 2.26. The van der Waals surface area contributed by atoms with Gasteiger partial charge in [0.15, 0.2) is 0 Å². The van der Waals surface area contributed by atoms with Gasteiger partial charge in [0.25, 0.3) is 0 Å². The van der Waals surface area contributed by atoms with Crippen molar-refractivity contribution in [1.82, 2.24) is 10.6 Å². The number of halogens is 2. The third-order valence-electron chi connectivity index (χ3n) is 7.17. The predicted molar refractivity (Wildman–Crippen MR) is 166 cm³/mol. The van der Waals surface area contributed by atoms with E-state index >= 15 is 0 Å². The van der Waals surface area contributed by atoms with E-state index in [1.807, 2.05) is 24.3 Å². The van der Waals surface area contributed by atoms with Crippen LogP contribution in [0.3, 0.4) is 0 Å². The van der Waals surface area contributed by atoms with Crippen LogP contribution in [-0.4, -0.2) is 68.2 Å². The van der Waals surface area contributed by atoms with E-state index in [0.29, 0.717) is 35.2 Å². The van der Waals surface area contributed by atoms with Gasteiger partial charge in [-0.05, 0) is 110 Å². The Morgan fingerprint density at radius 3 is 1.67 bits per heavy atom. The number of piperidine rings is 2. The minimum Gasteiger partial charge on any atom is -0.468 e. The molecular formula is C29H39Cl2N3O3S2. The highest BCUT2D eigenvalue weighted by molar-refractivity contribution is 8.00. The number of amides is 1. The molecular weight excluding hydrogens is 573 g/mol. The smallest absolute Gasteiger partial charge is 0.315 e. The number of thioether (sulfide) groups is 2. The van der Waals surface area contributed by atoms with Crippen LogP contribution in [0.5, 0.6) is 0 Å². The van der Waals surface area contributed by atoms with Gasteiger partial charge in [0, 0.05) is 10.0 Å². The monoisotopic (exact) mass is 611 g/mol. The highest BCUT2D eigenvalue weighted by Crippen LogP contribution is 2.34. The standard InChI is InChI=1S/C15H20ClNO2S.C14H19ClN2OS/c1-19-15(18)10-20-9-12-8-17-7-6-14(12)11-2-4-13(16)5-3-11;15-12-3-1-10(2-4-12)13-5-6-17-7-11(13)8-19-9-14(16)18/h2-5,12,14,17H,6-10H2,1H3;1-4,11,13,17H,5-9H2,(H2,16,18)/t12-,14-;11-,13-/m11/s1. The fourth-order valence-corrected chi connectivity index (χ4v) is 7.44. The molecule has 0 aromatic heterocycles. The van der Waals surface area contributed by atoms with Crippen molar-refractivity contribution >= 4 is 58.6 Å². The summed E-state index contributed by atoms with van der Waals surface area (Å²) in [4.78, 5) is 22.0. The molecule has 0 radical (unpaired) electrons. The van der Waals surface area contributed by atoms with Crippen LogP contribution in [0.1, 0.15) is 35.8 Å². The van der Waals surface area contributed by atoms with Crippen LogP contribution >= 0.6 is 46.7 Å². The second kappa shape index (κ2) is 17.4. The van der Waals surface area contributed by atoms with Gasteiger partial charge in [0.2, 0.25) is 5.91 Å². The van der Waals surface area contributed by atoms with Crippen molar-refractivity contribution in [2.75, 3.05) is 56.3 Å². The van der Waals surface area contributed by atoms with Crippen LogP contribution in [0.2, 0.25) is 10.0 Å². The van der Waals surface area contributed by atoms with E-state index in [1.54, 1.807) is 23.5 Å². The number of methoxy groups -OCH3 is 1. The molecule has 39 heavy (non-hydrogen) atoms. The first-order valence-corrected chi connectivity index (χ1v) is 16.4. The van der Waals surface area contributed by atoms with Crippen molar-refractivity contribution < 1.29 is 14.3 Å². The fraction of sp³-hybridized carbons (Fsp3) is 0.517. The lowest BCUT2D eigenvalue weighted by atomic mass is 9.82. The Kier molecular flexibility index (Phi) is 14.3. The van der Waals surface area contributed by atoms with Crippen molar-refractivity contribution in [1.29, 1.82) is 0 Å². The number of nitrogens with two attached hydrogens (primary N) is 1. The molecule has 0 aliphatic carbocycles. The Morgan fingerprint density at radius 1 is 0.821 bits per heavy atom. The van der Waals surface area contributed by atoms with Crippen molar-refractivity contribution in [2.24, 2.45) is 17.6 Å². The van der Waals surface area contributed by atoms with Gasteiger partial charge in [-0.25, -0.2) is 0 Å². The van der Waals surface area contributed by atoms with Gasteiger partial charge < -0.3 is 21.1 Å². The second-order valence-electron chi connectivity index (χ2n) is 9.89. The van der Waals surface area contributed by atoms with E-state index in [9.17, 15) is 9.59 Å². The topological polar surface area (TPSA) is 93.4 Å². The molecule has 6 nitrogen and oxygen atoms in total. The number of carbonyl (C=O) groups is 2. The Balaban J connectivity index is 0.000000216. The fourth-order valence-electron chi connectivity index (χ4n) is 5.16. The number of ether oxygens (including phenoxy) is 1. The summed E-state index contributed by atoms with van der Waals surface area (Å²) >= 11 is 15.2. The molecule has 4 atom stereocenters. The summed E-state index contributed by atoms with van der Waals surface area (Å²) in [6.45, 7) is 4.09. The van der Waals surface area contributed by atoms with E-state index in [0.717, 1.165) is 60.6 Å². The lowest BCUT2D eigenvalue weighted by molar-refractivity contribution is -0.137. The minimum absolute atomic E-state index is 0.151. The highest BCUT2D eigenvalue weighted by Gasteiger charge is 2.27. The molecule has 4 rings (SSSR count). The SMILES string of the molecule is COC(=O)CSC[C@H]1CNCC[C@@H]1c1ccc(Cl)cc1.NC(=O)CSC[C@H]1CNCC[C@@H]1c1ccc(Cl)cc1. The zero-order valence-electron chi connectivity index (χ0n) is 22.4. The molecule has 2 saturated heterocycles. The number of carbonyl (C=O) groups excluding carboxylic acids is 2. The van der Waals surface area contributed by atoms with Gasteiger partial charge in [0.05, 0.1) is 18.6 Å². The van der Waals surface area contributed by atoms with E-state index in [1.165, 1.54) is 18.2 Å². The Labute approximate surface area is 250 Å². The van der Waals surface area contributed by atoms with Crippen molar-refractivity contribution in [2.45, 2.75) is 24.7 Å². The van der Waals surface area contributed by atoms with Crippen LogP contribution in [0, 0.1) is 11.8 Å². The molecule has 2 aromatic carbocycles. The molecule has 214 valence electrons. The first kappa shape index (κ1) is 32.1. The molecule has 2 heterocycles. The number of primary amides is 1. The van der Waals surface area contributed by atoms with Crippen molar-refractivity contribution in [3.63, 3.8) is 0 Å². The molecule has 2 aliphatic rings. The molecule has 4 N–H and O–H groups in total. The van der Waals surface area contributed by atoms with Crippen LogP contribution in [-0.2, 0) is 14.3 Å². The molecule has 2 aromatic rings. The van der Waals surface area contributed by atoms with Gasteiger partial charge in [0.1, 0.15) is 0 Å². The van der Waals surface area contributed by atoms with Crippen molar-refractivity contribution in [3.8, 4) is 0 Å². The zero-order chi connectivity index (χ0) is 28.0. The lowest BCUT2D eigenvalue weighted by Crippen LogP contribution is -2.37. The van der Waals surface area contributed by atoms with Gasteiger partial charge in [-0.2, -0.15) is 11.8 Å². The molecule has 10 heteroatoms. The maximum absolute atomic E-state index is 11.2. The van der Waals surface area contributed by atoms with E-state index in [-0.39, 0.29) is 11.9 Å². The third-order valence-corrected chi connectivity index (χ3v) is 9.93. The van der Waals surface area contributed by atoms with E-state index in [4.69, 9.17) is 28.9 Å². The maximum atomic E-state index is 11.2. The first-order chi connectivity index (χ1) is 18.9. The number of esters is 1. The molecule has 2 aliphatic heterocycles. The van der Waals surface area contributed by atoms with E-state index in [2.05, 4.69) is 39.6 Å². The summed E-state index contributed by atoms with van der Waals surface area (Å²) in [5.41, 5.74) is 7.87. The summed E-state index contributed by atoms with van der Waals surface area (Å²) < 4.78 is 4.67. The van der Waals surface area contributed by atoms with Crippen molar-refractivity contribution in [3.05, 3.63) is 69.7 Å². The Hall–Kier alpha value is -1.42. The summed E-state index contributed by atoms with van der Waals surface area (Å²) in [5, 5.41) is 8.42. The third kappa shape index (κ3) is 11.2. The van der Waals surface area contributed by atoms with Gasteiger partial charge in [-0.1, -0.05) is 47.5 Å².